The normalized spacial score (nSPS) is 12.4. The number of aryl methyl sites for hydroxylation is 1. The molecular formula is C19H17Cl2N5O2S. The molecule has 0 saturated heterocycles. The fourth-order valence-corrected chi connectivity index (χ4v) is 4.03. The van der Waals surface area contributed by atoms with Gasteiger partial charge < -0.3 is 20.0 Å². The number of nitrogens with zero attached hydrogens (tertiary/aromatic N) is 4. The van der Waals surface area contributed by atoms with Gasteiger partial charge in [0.2, 0.25) is 0 Å². The lowest BCUT2D eigenvalue weighted by Gasteiger charge is -2.14. The van der Waals surface area contributed by atoms with E-state index in [2.05, 4.69) is 15.2 Å². The smallest absolute Gasteiger partial charge is 0.168 e. The molecule has 0 fully saturated rings. The van der Waals surface area contributed by atoms with E-state index in [0.717, 1.165) is 16.8 Å². The molecule has 1 aromatic carbocycles. The molecule has 1 atom stereocenters. The number of fused-ring (bicyclic) bond motifs is 1. The van der Waals surface area contributed by atoms with Crippen LogP contribution in [0.4, 0.5) is 0 Å². The lowest BCUT2D eigenvalue weighted by molar-refractivity contribution is 0.206. The van der Waals surface area contributed by atoms with E-state index in [9.17, 15) is 0 Å². The first-order valence-electron chi connectivity index (χ1n) is 8.72. The van der Waals surface area contributed by atoms with E-state index in [1.165, 1.54) is 11.3 Å². The minimum atomic E-state index is -0.445. The number of halogens is 2. The SMILES string of the molecule is Cc1cc(-c2nnc(-c3cn4cc(Cl)ccc4n3)s2)c(Cl)cc1OCC(N)CO. The quantitative estimate of drug-likeness (QED) is 0.463. The summed E-state index contributed by atoms with van der Waals surface area (Å²) >= 11 is 13.9. The van der Waals surface area contributed by atoms with E-state index in [4.69, 9.17) is 38.8 Å². The Hall–Kier alpha value is -2.23. The van der Waals surface area contributed by atoms with Gasteiger partial charge in [0.05, 0.1) is 22.7 Å². The first-order valence-corrected chi connectivity index (χ1v) is 10.3. The fourth-order valence-electron chi connectivity index (χ4n) is 2.74. The Balaban J connectivity index is 1.62. The van der Waals surface area contributed by atoms with Crippen molar-refractivity contribution in [2.75, 3.05) is 13.2 Å². The molecule has 0 amide bonds. The van der Waals surface area contributed by atoms with Crippen LogP contribution in [-0.2, 0) is 0 Å². The predicted molar refractivity (Wildman–Crippen MR) is 115 cm³/mol. The van der Waals surface area contributed by atoms with Gasteiger partial charge in [0.15, 0.2) is 5.01 Å². The number of hydrogen-bond acceptors (Lipinski definition) is 7. The summed E-state index contributed by atoms with van der Waals surface area (Å²) < 4.78 is 7.50. The molecule has 0 aliphatic rings. The zero-order valence-corrected chi connectivity index (χ0v) is 17.7. The molecule has 0 saturated carbocycles. The standard InChI is InChI=1S/C19H17Cl2N5O2S/c1-10-4-13(14(21)5-16(10)28-9-12(22)8-27)18-24-25-19(29-18)15-7-26-6-11(20)2-3-17(26)23-15/h2-7,12,27H,8-9,22H2,1H3. The maximum absolute atomic E-state index is 9.03. The monoisotopic (exact) mass is 449 g/mol. The van der Waals surface area contributed by atoms with E-state index >= 15 is 0 Å². The highest BCUT2D eigenvalue weighted by Gasteiger charge is 2.16. The maximum Gasteiger partial charge on any atom is 0.168 e. The van der Waals surface area contributed by atoms with E-state index in [1.54, 1.807) is 18.3 Å². The molecule has 3 N–H and O–H groups in total. The van der Waals surface area contributed by atoms with Gasteiger partial charge in [-0.3, -0.25) is 0 Å². The Morgan fingerprint density at radius 2 is 2.00 bits per heavy atom. The summed E-state index contributed by atoms with van der Waals surface area (Å²) in [6, 6.07) is 6.81. The summed E-state index contributed by atoms with van der Waals surface area (Å²) in [6.45, 7) is 1.97. The topological polar surface area (TPSA) is 98.6 Å². The first kappa shape index (κ1) is 20.1. The molecule has 150 valence electrons. The van der Waals surface area contributed by atoms with E-state index in [-0.39, 0.29) is 13.2 Å². The third-order valence-corrected chi connectivity index (χ3v) is 5.76. The third-order valence-electron chi connectivity index (χ3n) is 4.24. The van der Waals surface area contributed by atoms with Crippen LogP contribution in [0.5, 0.6) is 5.75 Å². The highest BCUT2D eigenvalue weighted by molar-refractivity contribution is 7.18. The van der Waals surface area contributed by atoms with Crippen LogP contribution in [0.1, 0.15) is 5.56 Å². The molecule has 4 aromatic rings. The van der Waals surface area contributed by atoms with Crippen molar-refractivity contribution in [1.29, 1.82) is 0 Å². The van der Waals surface area contributed by atoms with E-state index in [0.29, 0.717) is 31.5 Å². The van der Waals surface area contributed by atoms with Crippen LogP contribution in [0.25, 0.3) is 26.9 Å². The molecule has 3 heterocycles. The Morgan fingerprint density at radius 1 is 1.21 bits per heavy atom. The van der Waals surface area contributed by atoms with Crippen molar-refractivity contribution in [3.63, 3.8) is 0 Å². The molecule has 10 heteroatoms. The number of aliphatic hydroxyl groups excluding tert-OH is 1. The molecule has 1 unspecified atom stereocenters. The molecule has 0 bridgehead atoms. The highest BCUT2D eigenvalue weighted by Crippen LogP contribution is 2.37. The van der Waals surface area contributed by atoms with Crippen LogP contribution in [0.3, 0.4) is 0 Å². The highest BCUT2D eigenvalue weighted by atomic mass is 35.5. The average molecular weight is 450 g/mol. The van der Waals surface area contributed by atoms with Crippen molar-refractivity contribution in [3.05, 3.63) is 52.3 Å². The molecule has 3 aromatic heterocycles. The summed E-state index contributed by atoms with van der Waals surface area (Å²) in [5.74, 6) is 0.615. The van der Waals surface area contributed by atoms with Gasteiger partial charge in [-0.2, -0.15) is 0 Å². The fraction of sp³-hybridized carbons (Fsp3) is 0.211. The van der Waals surface area contributed by atoms with E-state index in [1.807, 2.05) is 29.7 Å². The summed E-state index contributed by atoms with van der Waals surface area (Å²) in [4.78, 5) is 4.56. The number of ether oxygens (including phenoxy) is 1. The van der Waals surface area contributed by atoms with Gasteiger partial charge in [0.1, 0.15) is 28.7 Å². The number of nitrogens with two attached hydrogens (primary N) is 1. The van der Waals surface area contributed by atoms with Gasteiger partial charge in [-0.15, -0.1) is 10.2 Å². The Kier molecular flexibility index (Phi) is 5.71. The average Bonchev–Trinajstić information content (AvgIpc) is 3.34. The second kappa shape index (κ2) is 8.25. The lowest BCUT2D eigenvalue weighted by atomic mass is 10.1. The van der Waals surface area contributed by atoms with Crippen molar-refractivity contribution in [2.24, 2.45) is 5.73 Å². The second-order valence-electron chi connectivity index (χ2n) is 6.50. The van der Waals surface area contributed by atoms with Crippen LogP contribution >= 0.6 is 34.5 Å². The zero-order chi connectivity index (χ0) is 20.5. The molecule has 4 rings (SSSR count). The van der Waals surface area contributed by atoms with Crippen molar-refractivity contribution >= 4 is 40.2 Å². The summed E-state index contributed by atoms with van der Waals surface area (Å²) in [5, 5.41) is 20.1. The van der Waals surface area contributed by atoms with Crippen LogP contribution in [0.2, 0.25) is 10.0 Å². The third kappa shape index (κ3) is 4.22. The van der Waals surface area contributed by atoms with E-state index < -0.39 is 6.04 Å². The number of aromatic nitrogens is 4. The molecule has 7 nitrogen and oxygen atoms in total. The van der Waals surface area contributed by atoms with Gasteiger partial charge in [-0.05, 0) is 36.8 Å². The van der Waals surface area contributed by atoms with Crippen molar-refractivity contribution in [2.45, 2.75) is 13.0 Å². The summed E-state index contributed by atoms with van der Waals surface area (Å²) in [7, 11) is 0. The second-order valence-corrected chi connectivity index (χ2v) is 8.32. The van der Waals surface area contributed by atoms with Crippen molar-refractivity contribution < 1.29 is 9.84 Å². The zero-order valence-electron chi connectivity index (χ0n) is 15.3. The minimum absolute atomic E-state index is 0.145. The Morgan fingerprint density at radius 3 is 2.79 bits per heavy atom. The lowest BCUT2D eigenvalue weighted by Crippen LogP contribution is -2.31. The Bertz CT molecular complexity index is 1180. The van der Waals surface area contributed by atoms with Gasteiger partial charge in [-0.1, -0.05) is 34.5 Å². The first-order chi connectivity index (χ1) is 13.9. The predicted octanol–water partition coefficient (Wildman–Crippen LogP) is 3.83. The number of hydrogen-bond donors (Lipinski definition) is 2. The molecule has 0 aliphatic carbocycles. The van der Waals surface area contributed by atoms with Crippen LogP contribution in [0, 0.1) is 6.92 Å². The largest absolute Gasteiger partial charge is 0.492 e. The van der Waals surface area contributed by atoms with Crippen molar-refractivity contribution in [1.82, 2.24) is 19.6 Å². The van der Waals surface area contributed by atoms with Crippen LogP contribution in [0.15, 0.2) is 36.7 Å². The van der Waals surface area contributed by atoms with Gasteiger partial charge in [0, 0.05) is 18.0 Å². The van der Waals surface area contributed by atoms with Gasteiger partial charge in [-0.25, -0.2) is 4.98 Å². The van der Waals surface area contributed by atoms with Crippen LogP contribution in [-0.4, -0.2) is 43.9 Å². The number of rotatable bonds is 6. The summed E-state index contributed by atoms with van der Waals surface area (Å²) in [5.41, 5.74) is 8.82. The maximum atomic E-state index is 9.03. The number of aliphatic hydroxyl groups is 1. The molecular weight excluding hydrogens is 433 g/mol. The Labute approximate surface area is 180 Å². The minimum Gasteiger partial charge on any atom is -0.492 e. The van der Waals surface area contributed by atoms with Crippen LogP contribution < -0.4 is 10.5 Å². The molecule has 0 spiro atoms. The van der Waals surface area contributed by atoms with Gasteiger partial charge >= 0.3 is 0 Å². The molecule has 0 radical (unpaired) electrons. The number of imidazole rings is 1. The summed E-state index contributed by atoms with van der Waals surface area (Å²) in [6.07, 6.45) is 3.65. The molecule has 29 heavy (non-hydrogen) atoms. The molecule has 0 aliphatic heterocycles. The number of pyridine rings is 1. The number of benzene rings is 1. The van der Waals surface area contributed by atoms with Crippen molar-refractivity contribution in [3.8, 4) is 27.0 Å². The van der Waals surface area contributed by atoms with Gasteiger partial charge in [0.25, 0.3) is 0 Å².